The fraction of sp³-hybridized carbons (Fsp3) is 0.438. The molecule has 0 heterocycles. The summed E-state index contributed by atoms with van der Waals surface area (Å²) in [5.74, 6) is -0.286. The predicted octanol–water partition coefficient (Wildman–Crippen LogP) is 4.54. The largest absolute Gasteiger partial charge is 0.489 e. The highest BCUT2D eigenvalue weighted by Crippen LogP contribution is 2.29. The highest BCUT2D eigenvalue weighted by molar-refractivity contribution is 6.32. The average Bonchev–Trinajstić information content (AvgIpc) is 2.68. The Morgan fingerprint density at radius 3 is 2.55 bits per heavy atom. The molecule has 0 spiro atoms. The minimum Gasteiger partial charge on any atom is -0.489 e. The Kier molecular flexibility index (Phi) is 5.48. The molecule has 0 atom stereocenters. The summed E-state index contributed by atoms with van der Waals surface area (Å²) in [6.07, 6.45) is 10.0. The summed E-state index contributed by atoms with van der Waals surface area (Å²) in [4.78, 5) is 10.5. The van der Waals surface area contributed by atoms with Crippen LogP contribution in [0.4, 0.5) is 0 Å². The lowest BCUT2D eigenvalue weighted by Crippen LogP contribution is -2.15. The van der Waals surface area contributed by atoms with Gasteiger partial charge in [-0.3, -0.25) is 0 Å². The zero-order chi connectivity index (χ0) is 14.4. The van der Waals surface area contributed by atoms with Crippen molar-refractivity contribution in [3.63, 3.8) is 0 Å². The molecule has 4 heteroatoms. The molecule has 0 aliphatic heterocycles. The Hall–Kier alpha value is -1.48. The molecule has 0 amide bonds. The summed E-state index contributed by atoms with van der Waals surface area (Å²) in [5.41, 5.74) is 0.755. The molecular weight excluding hydrogens is 276 g/mol. The van der Waals surface area contributed by atoms with Gasteiger partial charge >= 0.3 is 5.97 Å². The van der Waals surface area contributed by atoms with Gasteiger partial charge in [0, 0.05) is 6.08 Å². The maximum absolute atomic E-state index is 10.5. The molecule has 0 unspecified atom stereocenters. The van der Waals surface area contributed by atoms with Crippen LogP contribution in [-0.2, 0) is 4.79 Å². The van der Waals surface area contributed by atoms with Gasteiger partial charge in [-0.25, -0.2) is 4.79 Å². The summed E-state index contributed by atoms with van der Waals surface area (Å²) in [6.45, 7) is 0. The number of hydrogen-bond acceptors (Lipinski definition) is 2. The number of halogens is 1. The van der Waals surface area contributed by atoms with Gasteiger partial charge in [0.15, 0.2) is 0 Å². The van der Waals surface area contributed by atoms with E-state index in [9.17, 15) is 4.79 Å². The first kappa shape index (κ1) is 14.9. The molecule has 1 aliphatic carbocycles. The van der Waals surface area contributed by atoms with Crippen LogP contribution in [0, 0.1) is 0 Å². The van der Waals surface area contributed by atoms with Crippen LogP contribution in [-0.4, -0.2) is 17.2 Å². The molecule has 108 valence electrons. The Balaban J connectivity index is 2.03. The topological polar surface area (TPSA) is 46.5 Å². The van der Waals surface area contributed by atoms with Crippen molar-refractivity contribution in [1.82, 2.24) is 0 Å². The third kappa shape index (κ3) is 4.57. The van der Waals surface area contributed by atoms with Gasteiger partial charge in [0.05, 0.1) is 11.1 Å². The number of ether oxygens (including phenoxy) is 1. The zero-order valence-corrected chi connectivity index (χ0v) is 12.1. The van der Waals surface area contributed by atoms with Crippen LogP contribution < -0.4 is 4.74 Å². The minimum atomic E-state index is -0.972. The molecule has 0 radical (unpaired) electrons. The van der Waals surface area contributed by atoms with E-state index < -0.39 is 5.97 Å². The highest BCUT2D eigenvalue weighted by atomic mass is 35.5. The Bertz CT molecular complexity index is 488. The van der Waals surface area contributed by atoms with Crippen molar-refractivity contribution >= 4 is 23.6 Å². The van der Waals surface area contributed by atoms with Crippen LogP contribution in [0.3, 0.4) is 0 Å². The van der Waals surface area contributed by atoms with Gasteiger partial charge in [-0.05, 0) is 49.5 Å². The van der Waals surface area contributed by atoms with Crippen molar-refractivity contribution in [2.24, 2.45) is 0 Å². The SMILES string of the molecule is O=C(O)/C=C/c1ccc(OC2CCCCCC2)c(Cl)c1. The van der Waals surface area contributed by atoms with E-state index in [4.69, 9.17) is 21.4 Å². The third-order valence-corrected chi connectivity index (χ3v) is 3.77. The summed E-state index contributed by atoms with van der Waals surface area (Å²) in [5, 5.41) is 9.13. The van der Waals surface area contributed by atoms with E-state index in [-0.39, 0.29) is 6.10 Å². The molecule has 2 rings (SSSR count). The monoisotopic (exact) mass is 294 g/mol. The van der Waals surface area contributed by atoms with Gasteiger partial charge < -0.3 is 9.84 Å². The van der Waals surface area contributed by atoms with E-state index in [0.29, 0.717) is 10.8 Å². The van der Waals surface area contributed by atoms with Gasteiger partial charge in [0.2, 0.25) is 0 Å². The number of carbonyl (C=O) groups is 1. The fourth-order valence-electron chi connectivity index (χ4n) is 2.42. The number of carboxylic acid groups (broad SMARTS) is 1. The first-order valence-corrected chi connectivity index (χ1v) is 7.40. The number of carboxylic acids is 1. The average molecular weight is 295 g/mol. The molecule has 1 aromatic carbocycles. The Morgan fingerprint density at radius 1 is 1.25 bits per heavy atom. The van der Waals surface area contributed by atoms with Gasteiger partial charge in [-0.1, -0.05) is 30.5 Å². The molecule has 1 aromatic rings. The van der Waals surface area contributed by atoms with E-state index in [2.05, 4.69) is 0 Å². The summed E-state index contributed by atoms with van der Waals surface area (Å²) >= 11 is 6.20. The second kappa shape index (κ2) is 7.34. The molecule has 0 aromatic heterocycles. The van der Waals surface area contributed by atoms with Crippen LogP contribution in [0.1, 0.15) is 44.1 Å². The molecule has 20 heavy (non-hydrogen) atoms. The highest BCUT2D eigenvalue weighted by Gasteiger charge is 2.15. The van der Waals surface area contributed by atoms with E-state index >= 15 is 0 Å². The molecule has 3 nitrogen and oxygen atoms in total. The lowest BCUT2D eigenvalue weighted by Gasteiger charge is -2.18. The van der Waals surface area contributed by atoms with Crippen molar-refractivity contribution < 1.29 is 14.6 Å². The molecule has 1 N–H and O–H groups in total. The van der Waals surface area contributed by atoms with E-state index in [1.807, 2.05) is 12.1 Å². The molecule has 1 saturated carbocycles. The molecular formula is C16H19ClO3. The van der Waals surface area contributed by atoms with Crippen molar-refractivity contribution in [1.29, 1.82) is 0 Å². The van der Waals surface area contributed by atoms with Gasteiger partial charge in [0.1, 0.15) is 5.75 Å². The number of benzene rings is 1. The van der Waals surface area contributed by atoms with Crippen LogP contribution in [0.15, 0.2) is 24.3 Å². The Morgan fingerprint density at radius 2 is 1.95 bits per heavy atom. The standard InChI is InChI=1S/C16H19ClO3/c17-14-11-12(8-10-16(18)19)7-9-15(14)20-13-5-3-1-2-4-6-13/h7-11,13H,1-6H2,(H,18,19)/b10-8+. The van der Waals surface area contributed by atoms with Crippen LogP contribution >= 0.6 is 11.6 Å². The second-order valence-corrected chi connectivity index (χ2v) is 5.50. The third-order valence-electron chi connectivity index (χ3n) is 3.47. The normalized spacial score (nSPS) is 17.1. The van der Waals surface area contributed by atoms with Gasteiger partial charge in [0.25, 0.3) is 0 Å². The number of aliphatic carboxylic acids is 1. The van der Waals surface area contributed by atoms with E-state index in [1.165, 1.54) is 31.8 Å². The maximum Gasteiger partial charge on any atom is 0.328 e. The van der Waals surface area contributed by atoms with Crippen LogP contribution in [0.25, 0.3) is 6.08 Å². The van der Waals surface area contributed by atoms with Crippen molar-refractivity contribution in [3.8, 4) is 5.75 Å². The molecule has 0 saturated heterocycles. The van der Waals surface area contributed by atoms with Crippen molar-refractivity contribution in [2.45, 2.75) is 44.6 Å². The lowest BCUT2D eigenvalue weighted by atomic mass is 10.1. The second-order valence-electron chi connectivity index (χ2n) is 5.09. The van der Waals surface area contributed by atoms with Crippen molar-refractivity contribution in [2.75, 3.05) is 0 Å². The van der Waals surface area contributed by atoms with Crippen molar-refractivity contribution in [3.05, 3.63) is 34.9 Å². The van der Waals surface area contributed by atoms with Gasteiger partial charge in [-0.15, -0.1) is 0 Å². The maximum atomic E-state index is 10.5. The molecule has 0 bridgehead atoms. The molecule has 1 fully saturated rings. The van der Waals surface area contributed by atoms with Crippen LogP contribution in [0.2, 0.25) is 5.02 Å². The predicted molar refractivity (Wildman–Crippen MR) is 80.2 cm³/mol. The minimum absolute atomic E-state index is 0.246. The number of hydrogen-bond donors (Lipinski definition) is 1. The number of rotatable bonds is 4. The first-order chi connectivity index (χ1) is 9.65. The summed E-state index contributed by atoms with van der Waals surface area (Å²) in [7, 11) is 0. The zero-order valence-electron chi connectivity index (χ0n) is 11.3. The fourth-order valence-corrected chi connectivity index (χ4v) is 2.66. The Labute approximate surface area is 124 Å². The molecule has 1 aliphatic rings. The quantitative estimate of drug-likeness (QED) is 0.655. The smallest absolute Gasteiger partial charge is 0.328 e. The van der Waals surface area contributed by atoms with Gasteiger partial charge in [-0.2, -0.15) is 0 Å². The first-order valence-electron chi connectivity index (χ1n) is 7.02. The summed E-state index contributed by atoms with van der Waals surface area (Å²) < 4.78 is 5.97. The van der Waals surface area contributed by atoms with Crippen LogP contribution in [0.5, 0.6) is 5.75 Å². The van der Waals surface area contributed by atoms with E-state index in [1.54, 1.807) is 6.07 Å². The lowest BCUT2D eigenvalue weighted by molar-refractivity contribution is -0.131. The summed E-state index contributed by atoms with van der Waals surface area (Å²) in [6, 6.07) is 5.36. The van der Waals surface area contributed by atoms with E-state index in [0.717, 1.165) is 24.5 Å².